The number of nitrogens with one attached hydrogen (secondary N) is 4. The van der Waals surface area contributed by atoms with E-state index in [-0.39, 0.29) is 16.1 Å². The molecule has 11 nitrogen and oxygen atoms in total. The average molecular weight is 616 g/mol. The molecule has 2 unspecified atom stereocenters. The smallest absolute Gasteiger partial charge is 0.255 e. The van der Waals surface area contributed by atoms with Gasteiger partial charge in [-0.1, -0.05) is 23.2 Å². The van der Waals surface area contributed by atoms with Crippen LogP contribution in [0, 0.1) is 5.21 Å². The third-order valence-electron chi connectivity index (χ3n) is 6.55. The topological polar surface area (TPSA) is 122 Å². The molecule has 0 aliphatic carbocycles. The van der Waals surface area contributed by atoms with E-state index in [0.29, 0.717) is 58.0 Å². The van der Waals surface area contributed by atoms with Crippen LogP contribution in [0.5, 0.6) is 0 Å². The summed E-state index contributed by atoms with van der Waals surface area (Å²) in [5, 5.41) is 23.2. The first-order valence-corrected chi connectivity index (χ1v) is 14.2. The van der Waals surface area contributed by atoms with Gasteiger partial charge in [-0.15, -0.1) is 0 Å². The average Bonchev–Trinajstić information content (AvgIpc) is 2.93. The summed E-state index contributed by atoms with van der Waals surface area (Å²) in [5.74, 6) is 0.779. The van der Waals surface area contributed by atoms with Crippen LogP contribution in [0.15, 0.2) is 42.5 Å². The molecule has 3 aromatic rings. The normalized spacial score (nSPS) is 16.3. The zero-order chi connectivity index (χ0) is 30.4. The predicted molar refractivity (Wildman–Crippen MR) is 169 cm³/mol. The van der Waals surface area contributed by atoms with Crippen LogP contribution in [0.4, 0.5) is 17.3 Å². The van der Waals surface area contributed by atoms with Gasteiger partial charge in [-0.2, -0.15) is 0 Å². The highest BCUT2D eigenvalue weighted by atomic mass is 35.5. The fraction of sp³-hybridized carbons (Fsp3) is 0.345. The van der Waals surface area contributed by atoms with Crippen LogP contribution in [-0.2, 0) is 4.74 Å². The van der Waals surface area contributed by atoms with E-state index in [1.807, 2.05) is 45.2 Å². The molecule has 1 aliphatic heterocycles. The minimum atomic E-state index is -0.901. The highest BCUT2D eigenvalue weighted by Crippen LogP contribution is 2.31. The fourth-order valence-electron chi connectivity index (χ4n) is 4.38. The lowest BCUT2D eigenvalue weighted by atomic mass is 10.0. The summed E-state index contributed by atoms with van der Waals surface area (Å²) in [6.07, 6.45) is 0.854. The zero-order valence-corrected chi connectivity index (χ0v) is 25.8. The van der Waals surface area contributed by atoms with Gasteiger partial charge in [-0.05, 0) is 70.7 Å². The van der Waals surface area contributed by atoms with Gasteiger partial charge in [-0.3, -0.25) is 4.79 Å². The van der Waals surface area contributed by atoms with Gasteiger partial charge in [0.1, 0.15) is 28.2 Å². The summed E-state index contributed by atoms with van der Waals surface area (Å²) in [5.41, 5.74) is 2.92. The van der Waals surface area contributed by atoms with Crippen molar-refractivity contribution in [1.29, 1.82) is 0 Å². The lowest BCUT2D eigenvalue weighted by molar-refractivity contribution is -0.838. The number of quaternary nitrogens is 1. The van der Waals surface area contributed by atoms with E-state index in [2.05, 4.69) is 30.8 Å². The van der Waals surface area contributed by atoms with Gasteiger partial charge in [0.15, 0.2) is 0 Å². The molecule has 13 heteroatoms. The standard InChI is InChI=1S/C29H36Cl2N8O3/c1-37(2)12-10-32-25-9-6-18-14-23(39(41)29(42-5)27(18)36-25)21-17-20(7-8-22(21)30)34-28(40)19-15-24(31)35-26(16-19)33-11-13-38(3)4/h6-9,14-17,29,39H,10-13H2,1-5H3,(H,32,36)(H,33,35)(H,34,40). The van der Waals surface area contributed by atoms with Crippen LogP contribution >= 0.6 is 23.2 Å². The molecule has 4 N–H and O–H groups in total. The first-order chi connectivity index (χ1) is 20.0. The van der Waals surface area contributed by atoms with Crippen molar-refractivity contribution in [3.8, 4) is 0 Å². The molecule has 1 amide bonds. The van der Waals surface area contributed by atoms with Crippen LogP contribution < -0.4 is 21.0 Å². The molecule has 1 aromatic carbocycles. The van der Waals surface area contributed by atoms with Crippen molar-refractivity contribution in [2.45, 2.75) is 6.23 Å². The van der Waals surface area contributed by atoms with E-state index < -0.39 is 6.23 Å². The number of hydroxylamine groups is 2. The van der Waals surface area contributed by atoms with E-state index in [0.717, 1.165) is 18.7 Å². The van der Waals surface area contributed by atoms with Crippen molar-refractivity contribution in [2.75, 3.05) is 77.4 Å². The molecule has 2 atom stereocenters. The van der Waals surface area contributed by atoms with Crippen LogP contribution in [0.25, 0.3) is 11.8 Å². The van der Waals surface area contributed by atoms with Crippen molar-refractivity contribution >= 4 is 58.2 Å². The Morgan fingerprint density at radius 1 is 0.976 bits per heavy atom. The summed E-state index contributed by atoms with van der Waals surface area (Å²) in [7, 11) is 9.41. The molecular formula is C29H36Cl2N8O3. The monoisotopic (exact) mass is 614 g/mol. The minimum Gasteiger partial charge on any atom is -0.627 e. The minimum absolute atomic E-state index is 0.193. The van der Waals surface area contributed by atoms with Crippen molar-refractivity contribution < 1.29 is 14.6 Å². The second-order valence-corrected chi connectivity index (χ2v) is 11.2. The van der Waals surface area contributed by atoms with Crippen LogP contribution in [0.1, 0.15) is 33.4 Å². The molecule has 224 valence electrons. The van der Waals surface area contributed by atoms with E-state index in [1.54, 1.807) is 30.3 Å². The molecule has 42 heavy (non-hydrogen) atoms. The molecule has 2 aromatic heterocycles. The van der Waals surface area contributed by atoms with E-state index in [4.69, 9.17) is 27.9 Å². The Kier molecular flexibility index (Phi) is 10.7. The maximum absolute atomic E-state index is 13.6. The fourth-order valence-corrected chi connectivity index (χ4v) is 4.81. The third kappa shape index (κ3) is 7.96. The summed E-state index contributed by atoms with van der Waals surface area (Å²) >= 11 is 12.8. The molecule has 0 fully saturated rings. The van der Waals surface area contributed by atoms with Gasteiger partial charge >= 0.3 is 0 Å². The molecular weight excluding hydrogens is 579 g/mol. The molecule has 0 radical (unpaired) electrons. The van der Waals surface area contributed by atoms with Crippen LogP contribution in [0.2, 0.25) is 10.2 Å². The van der Waals surface area contributed by atoms with Gasteiger partial charge in [0.2, 0.25) is 6.23 Å². The number of fused-ring (bicyclic) bond motifs is 1. The number of nitrogens with zero attached hydrogens (tertiary/aromatic N) is 4. The first-order valence-electron chi connectivity index (χ1n) is 13.4. The Labute approximate surface area is 256 Å². The number of pyridine rings is 2. The Morgan fingerprint density at radius 3 is 2.33 bits per heavy atom. The molecule has 0 saturated heterocycles. The number of carbonyl (C=O) groups is 1. The number of carbonyl (C=O) groups excluding carboxylic acids is 1. The third-order valence-corrected chi connectivity index (χ3v) is 7.07. The molecule has 0 saturated carbocycles. The first kappa shape index (κ1) is 31.6. The van der Waals surface area contributed by atoms with Gasteiger partial charge in [-0.25, -0.2) is 9.97 Å². The molecule has 1 aliphatic rings. The largest absolute Gasteiger partial charge is 0.627 e. The number of hydrogen-bond acceptors (Lipinski definition) is 9. The molecule has 4 rings (SSSR count). The predicted octanol–water partition coefficient (Wildman–Crippen LogP) is 3.52. The number of methoxy groups -OCH3 is 1. The summed E-state index contributed by atoms with van der Waals surface area (Å²) < 4.78 is 5.61. The van der Waals surface area contributed by atoms with E-state index >= 15 is 0 Å². The summed E-state index contributed by atoms with van der Waals surface area (Å²) in [4.78, 5) is 26.2. The quantitative estimate of drug-likeness (QED) is 0.179. The van der Waals surface area contributed by atoms with Gasteiger partial charge in [0.05, 0.1) is 10.6 Å². The Hall–Kier alpha value is -3.29. The van der Waals surface area contributed by atoms with E-state index in [9.17, 15) is 10.0 Å². The summed E-state index contributed by atoms with van der Waals surface area (Å²) in [6.45, 7) is 2.97. The number of aromatic nitrogens is 2. The number of likely N-dealkylation sites (N-methyl/N-ethyl adjacent to an activating group) is 2. The maximum Gasteiger partial charge on any atom is 0.255 e. The van der Waals surface area contributed by atoms with Crippen molar-refractivity contribution in [3.05, 3.63) is 80.2 Å². The Morgan fingerprint density at radius 2 is 1.67 bits per heavy atom. The number of ether oxygens (including phenoxy) is 1. The number of amides is 1. The SMILES string of the molecule is COC1c2nc(NCCN(C)C)ccc2C=C(c2cc(NC(=O)c3cc(Cl)nc(NCCN(C)C)c3)ccc2Cl)[NH+]1[O-]. The zero-order valence-electron chi connectivity index (χ0n) is 24.3. The van der Waals surface area contributed by atoms with E-state index in [1.165, 1.54) is 13.2 Å². The van der Waals surface area contributed by atoms with Gasteiger partial charge in [0, 0.05) is 56.2 Å². The lowest BCUT2D eigenvalue weighted by Gasteiger charge is -2.35. The number of halogens is 2. The van der Waals surface area contributed by atoms with Crippen molar-refractivity contribution in [2.24, 2.45) is 0 Å². The number of rotatable bonds is 12. The second-order valence-electron chi connectivity index (χ2n) is 10.4. The van der Waals surface area contributed by atoms with Crippen LogP contribution in [0.3, 0.4) is 0 Å². The molecule has 3 heterocycles. The van der Waals surface area contributed by atoms with Crippen LogP contribution in [-0.4, -0.2) is 87.2 Å². The number of hydrogen-bond donors (Lipinski definition) is 4. The van der Waals surface area contributed by atoms with Gasteiger partial charge in [0.25, 0.3) is 5.91 Å². The maximum atomic E-state index is 13.6. The number of anilines is 3. The lowest BCUT2D eigenvalue weighted by Crippen LogP contribution is -3.05. The Balaban J connectivity index is 1.57. The number of benzene rings is 1. The van der Waals surface area contributed by atoms with Crippen molar-refractivity contribution in [1.82, 2.24) is 19.8 Å². The summed E-state index contributed by atoms with van der Waals surface area (Å²) in [6, 6.07) is 11.9. The molecule has 0 bridgehead atoms. The van der Waals surface area contributed by atoms with Crippen molar-refractivity contribution in [3.63, 3.8) is 0 Å². The highest BCUT2D eigenvalue weighted by Gasteiger charge is 2.32. The highest BCUT2D eigenvalue weighted by molar-refractivity contribution is 6.32. The Bertz CT molecular complexity index is 1450. The van der Waals surface area contributed by atoms with Gasteiger partial charge < -0.3 is 40.8 Å². The second kappa shape index (κ2) is 14.3. The molecule has 0 spiro atoms.